The van der Waals surface area contributed by atoms with Crippen LogP contribution < -0.4 is 14.8 Å². The molecule has 31 heavy (non-hydrogen) atoms. The second kappa shape index (κ2) is 11.1. The van der Waals surface area contributed by atoms with E-state index in [9.17, 15) is 4.79 Å². The highest BCUT2D eigenvalue weighted by Crippen LogP contribution is 2.29. The number of benzene rings is 2. The summed E-state index contributed by atoms with van der Waals surface area (Å²) in [7, 11) is 1.62. The van der Waals surface area contributed by atoms with Crippen molar-refractivity contribution in [1.82, 2.24) is 14.8 Å². The van der Waals surface area contributed by atoms with Crippen LogP contribution in [0.4, 0.5) is 5.69 Å². The molecule has 0 saturated heterocycles. The van der Waals surface area contributed by atoms with Gasteiger partial charge >= 0.3 is 0 Å². The molecule has 0 atom stereocenters. The zero-order valence-corrected chi connectivity index (χ0v) is 19.7. The summed E-state index contributed by atoms with van der Waals surface area (Å²) in [5.41, 5.74) is 1.88. The predicted molar refractivity (Wildman–Crippen MR) is 125 cm³/mol. The number of rotatable bonds is 10. The van der Waals surface area contributed by atoms with Crippen LogP contribution in [-0.4, -0.2) is 39.8 Å². The lowest BCUT2D eigenvalue weighted by Gasteiger charge is -2.12. The molecule has 7 nitrogen and oxygen atoms in total. The van der Waals surface area contributed by atoms with Gasteiger partial charge in [-0.25, -0.2) is 0 Å². The zero-order chi connectivity index (χ0) is 22.2. The molecule has 1 heterocycles. The van der Waals surface area contributed by atoms with Crippen molar-refractivity contribution in [2.75, 3.05) is 24.4 Å². The molecular formula is C22H26N4O3S2. The van der Waals surface area contributed by atoms with E-state index in [1.54, 1.807) is 18.9 Å². The molecule has 1 aromatic heterocycles. The largest absolute Gasteiger partial charge is 0.493 e. The number of hydrogen-bond donors (Lipinski definition) is 1. The standard InChI is InChI=1S/C22H26N4O3S2/c1-5-26-20(13-29-18-10-9-15(2)11-19(18)28-3)24-25-22(26)31-14-21(27)23-16-7-6-8-17(12-16)30-4/h6-12H,5,13-14H2,1-4H3,(H,23,27). The molecule has 0 unspecified atom stereocenters. The number of thioether (sulfide) groups is 2. The van der Waals surface area contributed by atoms with Crippen LogP contribution in [0.15, 0.2) is 52.5 Å². The fraction of sp³-hybridized carbons (Fsp3) is 0.318. The Morgan fingerprint density at radius 1 is 1.16 bits per heavy atom. The average Bonchev–Trinajstić information content (AvgIpc) is 3.18. The van der Waals surface area contributed by atoms with Crippen molar-refractivity contribution in [2.24, 2.45) is 0 Å². The third-order valence-corrected chi connectivity index (χ3v) is 6.16. The molecule has 0 radical (unpaired) electrons. The Labute approximate surface area is 190 Å². The first-order valence-corrected chi connectivity index (χ1v) is 12.0. The Hall–Kier alpha value is -2.65. The van der Waals surface area contributed by atoms with Crippen LogP contribution in [0.5, 0.6) is 11.5 Å². The lowest BCUT2D eigenvalue weighted by atomic mass is 10.2. The first-order chi connectivity index (χ1) is 15.0. The molecule has 1 amide bonds. The van der Waals surface area contributed by atoms with Crippen molar-refractivity contribution in [2.45, 2.75) is 37.1 Å². The van der Waals surface area contributed by atoms with E-state index in [0.29, 0.717) is 29.0 Å². The van der Waals surface area contributed by atoms with Crippen molar-refractivity contribution in [3.8, 4) is 11.5 Å². The molecule has 0 aliphatic carbocycles. The highest BCUT2D eigenvalue weighted by atomic mass is 32.2. The van der Waals surface area contributed by atoms with E-state index in [-0.39, 0.29) is 18.3 Å². The maximum Gasteiger partial charge on any atom is 0.234 e. The summed E-state index contributed by atoms with van der Waals surface area (Å²) in [6.07, 6.45) is 2.00. The number of nitrogens with one attached hydrogen (secondary N) is 1. The van der Waals surface area contributed by atoms with E-state index in [1.165, 1.54) is 11.8 Å². The number of carbonyl (C=O) groups is 1. The van der Waals surface area contributed by atoms with Crippen LogP contribution in [0.1, 0.15) is 18.3 Å². The Morgan fingerprint density at radius 2 is 2.00 bits per heavy atom. The van der Waals surface area contributed by atoms with Crippen molar-refractivity contribution >= 4 is 35.1 Å². The summed E-state index contributed by atoms with van der Waals surface area (Å²) in [5.74, 6) is 2.19. The zero-order valence-electron chi connectivity index (χ0n) is 18.0. The van der Waals surface area contributed by atoms with E-state index in [0.717, 1.165) is 16.1 Å². The van der Waals surface area contributed by atoms with E-state index in [2.05, 4.69) is 15.5 Å². The number of aromatic nitrogens is 3. The fourth-order valence-electron chi connectivity index (χ4n) is 2.91. The SMILES string of the molecule is CCn1c(COc2ccc(C)cc2OC)nnc1SCC(=O)Nc1cccc(SC)c1. The second-order valence-corrected chi connectivity index (χ2v) is 8.48. The van der Waals surface area contributed by atoms with Gasteiger partial charge in [0.1, 0.15) is 6.61 Å². The van der Waals surface area contributed by atoms with Gasteiger partial charge in [0.05, 0.1) is 12.9 Å². The van der Waals surface area contributed by atoms with Gasteiger partial charge in [-0.15, -0.1) is 22.0 Å². The van der Waals surface area contributed by atoms with Crippen LogP contribution >= 0.6 is 23.5 Å². The van der Waals surface area contributed by atoms with Gasteiger partial charge in [0, 0.05) is 17.1 Å². The molecule has 1 N–H and O–H groups in total. The fourth-order valence-corrected chi connectivity index (χ4v) is 4.20. The topological polar surface area (TPSA) is 78.3 Å². The highest BCUT2D eigenvalue weighted by molar-refractivity contribution is 7.99. The number of nitrogens with zero attached hydrogens (tertiary/aromatic N) is 3. The molecule has 164 valence electrons. The molecule has 0 aliphatic heterocycles. The molecule has 3 rings (SSSR count). The van der Waals surface area contributed by atoms with Crippen LogP contribution in [-0.2, 0) is 17.9 Å². The maximum absolute atomic E-state index is 12.4. The molecule has 0 fully saturated rings. The minimum Gasteiger partial charge on any atom is -0.493 e. The van der Waals surface area contributed by atoms with E-state index in [4.69, 9.17) is 9.47 Å². The number of ether oxygens (including phenoxy) is 2. The average molecular weight is 459 g/mol. The van der Waals surface area contributed by atoms with Crippen LogP contribution in [0, 0.1) is 6.92 Å². The molecule has 3 aromatic rings. The molecular weight excluding hydrogens is 432 g/mol. The summed E-state index contributed by atoms with van der Waals surface area (Å²) in [4.78, 5) is 13.5. The van der Waals surface area contributed by atoms with Gasteiger partial charge in [-0.1, -0.05) is 23.9 Å². The van der Waals surface area contributed by atoms with Crippen LogP contribution in [0.2, 0.25) is 0 Å². The predicted octanol–water partition coefficient (Wildman–Crippen LogP) is 4.65. The Morgan fingerprint density at radius 3 is 2.74 bits per heavy atom. The Balaban J connectivity index is 1.60. The van der Waals surface area contributed by atoms with Crippen molar-refractivity contribution < 1.29 is 14.3 Å². The minimum absolute atomic E-state index is 0.0869. The third-order valence-electron chi connectivity index (χ3n) is 4.47. The highest BCUT2D eigenvalue weighted by Gasteiger charge is 2.15. The van der Waals surface area contributed by atoms with Crippen LogP contribution in [0.25, 0.3) is 0 Å². The number of hydrogen-bond acceptors (Lipinski definition) is 7. The van der Waals surface area contributed by atoms with Gasteiger partial charge in [0.15, 0.2) is 22.5 Å². The third kappa shape index (κ3) is 6.18. The summed E-state index contributed by atoms with van der Waals surface area (Å²) in [6, 6.07) is 13.5. The molecule has 0 aliphatic rings. The monoisotopic (exact) mass is 458 g/mol. The van der Waals surface area contributed by atoms with E-state index in [1.807, 2.05) is 67.1 Å². The van der Waals surface area contributed by atoms with Gasteiger partial charge in [-0.2, -0.15) is 0 Å². The minimum atomic E-state index is -0.0869. The molecule has 0 spiro atoms. The number of anilines is 1. The lowest BCUT2D eigenvalue weighted by Crippen LogP contribution is -2.15. The first kappa shape index (κ1) is 23.0. The van der Waals surface area contributed by atoms with E-state index >= 15 is 0 Å². The second-order valence-electron chi connectivity index (χ2n) is 6.65. The summed E-state index contributed by atoms with van der Waals surface area (Å²) >= 11 is 2.99. The number of methoxy groups -OCH3 is 1. The van der Waals surface area contributed by atoms with Crippen molar-refractivity contribution in [1.29, 1.82) is 0 Å². The van der Waals surface area contributed by atoms with Gasteiger partial charge in [0.25, 0.3) is 0 Å². The maximum atomic E-state index is 12.4. The Kier molecular flexibility index (Phi) is 8.25. The van der Waals surface area contributed by atoms with Gasteiger partial charge < -0.3 is 19.4 Å². The summed E-state index contributed by atoms with van der Waals surface area (Å²) in [5, 5.41) is 12.1. The summed E-state index contributed by atoms with van der Waals surface area (Å²) < 4.78 is 13.3. The van der Waals surface area contributed by atoms with Gasteiger partial charge in [-0.3, -0.25) is 4.79 Å². The van der Waals surface area contributed by atoms with E-state index < -0.39 is 0 Å². The normalized spacial score (nSPS) is 10.7. The van der Waals surface area contributed by atoms with Gasteiger partial charge in [-0.05, 0) is 56.0 Å². The molecule has 0 bridgehead atoms. The number of amides is 1. The summed E-state index contributed by atoms with van der Waals surface area (Å²) in [6.45, 7) is 4.95. The molecule has 0 saturated carbocycles. The van der Waals surface area contributed by atoms with Gasteiger partial charge in [0.2, 0.25) is 5.91 Å². The molecule has 9 heteroatoms. The number of aryl methyl sites for hydroxylation is 1. The molecule has 2 aromatic carbocycles. The van der Waals surface area contributed by atoms with Crippen molar-refractivity contribution in [3.63, 3.8) is 0 Å². The Bertz CT molecular complexity index is 1040. The van der Waals surface area contributed by atoms with Crippen molar-refractivity contribution in [3.05, 3.63) is 53.9 Å². The first-order valence-electron chi connectivity index (χ1n) is 9.80. The van der Waals surface area contributed by atoms with Crippen LogP contribution in [0.3, 0.4) is 0 Å². The lowest BCUT2D eigenvalue weighted by molar-refractivity contribution is -0.113. The number of carbonyl (C=O) groups excluding carboxylic acids is 1. The quantitative estimate of drug-likeness (QED) is 0.443. The smallest absolute Gasteiger partial charge is 0.234 e.